The van der Waals surface area contributed by atoms with Crippen LogP contribution in [0.5, 0.6) is 0 Å². The van der Waals surface area contributed by atoms with E-state index in [0.29, 0.717) is 10.9 Å². The molecule has 0 spiro atoms. The highest BCUT2D eigenvalue weighted by molar-refractivity contribution is 7.27. The van der Waals surface area contributed by atoms with E-state index in [1.165, 1.54) is 18.2 Å². The van der Waals surface area contributed by atoms with Gasteiger partial charge in [-0.25, -0.2) is 4.39 Å². The summed E-state index contributed by atoms with van der Waals surface area (Å²) in [5, 5.41) is 8.83. The van der Waals surface area contributed by atoms with Crippen LogP contribution in [-0.2, 0) is 0 Å². The Bertz CT molecular complexity index is 312. The summed E-state index contributed by atoms with van der Waals surface area (Å²) in [6.45, 7) is -0.546. The summed E-state index contributed by atoms with van der Waals surface area (Å²) in [7, 11) is 2.18. The fraction of sp³-hybridized carbons (Fsp3) is 0.125. The van der Waals surface area contributed by atoms with Crippen molar-refractivity contribution < 1.29 is 14.3 Å². The lowest BCUT2D eigenvalue weighted by molar-refractivity contribution is 0.0904. The molecular formula is C8H8FO2P. The molecule has 0 amide bonds. The van der Waals surface area contributed by atoms with Crippen LogP contribution >= 0.6 is 9.24 Å². The number of halogens is 1. The van der Waals surface area contributed by atoms with Crippen LogP contribution in [0.3, 0.4) is 0 Å². The molecule has 0 aliphatic rings. The van der Waals surface area contributed by atoms with Gasteiger partial charge in [0.1, 0.15) is 12.4 Å². The molecule has 0 heterocycles. The van der Waals surface area contributed by atoms with Crippen molar-refractivity contribution in [3.05, 3.63) is 29.6 Å². The Balaban J connectivity index is 3.05. The van der Waals surface area contributed by atoms with Crippen LogP contribution in [0.1, 0.15) is 10.4 Å². The molecule has 64 valence electrons. The second-order valence-corrected chi connectivity index (χ2v) is 2.94. The van der Waals surface area contributed by atoms with Crippen LogP contribution in [0.25, 0.3) is 0 Å². The average Bonchev–Trinajstić information content (AvgIpc) is 2.08. The zero-order valence-electron chi connectivity index (χ0n) is 6.25. The standard InChI is InChI=1S/C8H8FO2P/c9-6-2-1-5(3-8(6)12)7(11)4-10/h1-3,10H,4,12H2. The first-order chi connectivity index (χ1) is 5.65. The van der Waals surface area contributed by atoms with Crippen molar-refractivity contribution in [1.29, 1.82) is 0 Å². The van der Waals surface area contributed by atoms with E-state index >= 15 is 0 Å². The normalized spacial score (nSPS) is 9.92. The van der Waals surface area contributed by atoms with Gasteiger partial charge in [0, 0.05) is 10.9 Å². The second-order valence-electron chi connectivity index (χ2n) is 2.32. The number of benzene rings is 1. The van der Waals surface area contributed by atoms with E-state index in [9.17, 15) is 9.18 Å². The summed E-state index contributed by atoms with van der Waals surface area (Å²) >= 11 is 0. The quantitative estimate of drug-likeness (QED) is 0.539. The highest BCUT2D eigenvalue weighted by Crippen LogP contribution is 2.04. The molecule has 1 aromatic rings. The molecule has 0 saturated heterocycles. The molecule has 4 heteroatoms. The Labute approximate surface area is 71.6 Å². The first-order valence-corrected chi connectivity index (χ1v) is 3.92. The number of ketones is 1. The van der Waals surface area contributed by atoms with E-state index < -0.39 is 12.4 Å². The molecule has 0 radical (unpaired) electrons. The lowest BCUT2D eigenvalue weighted by Crippen LogP contribution is -2.08. The van der Waals surface area contributed by atoms with E-state index in [2.05, 4.69) is 9.24 Å². The Hall–Kier alpha value is -0.790. The molecule has 1 N–H and O–H groups in total. The number of hydrogen-bond acceptors (Lipinski definition) is 2. The summed E-state index contributed by atoms with van der Waals surface area (Å²) in [4.78, 5) is 10.9. The number of carbonyl (C=O) groups excluding carboxylic acids is 1. The Morgan fingerprint density at radius 1 is 1.58 bits per heavy atom. The zero-order valence-corrected chi connectivity index (χ0v) is 7.40. The number of hydrogen-bond donors (Lipinski definition) is 1. The number of carbonyl (C=O) groups is 1. The summed E-state index contributed by atoms with van der Waals surface area (Å²) in [5.74, 6) is -0.784. The molecule has 2 nitrogen and oxygen atoms in total. The maximum absolute atomic E-state index is 12.7. The third kappa shape index (κ3) is 1.87. The number of rotatable bonds is 2. The van der Waals surface area contributed by atoms with Crippen molar-refractivity contribution in [2.75, 3.05) is 6.61 Å². The molecule has 0 aliphatic heterocycles. The van der Waals surface area contributed by atoms with Gasteiger partial charge in [-0.3, -0.25) is 4.79 Å². The average molecular weight is 186 g/mol. The van der Waals surface area contributed by atoms with Crippen LogP contribution in [0.15, 0.2) is 18.2 Å². The Morgan fingerprint density at radius 2 is 2.25 bits per heavy atom. The first-order valence-electron chi connectivity index (χ1n) is 3.34. The highest BCUT2D eigenvalue weighted by Gasteiger charge is 2.05. The lowest BCUT2D eigenvalue weighted by atomic mass is 10.1. The van der Waals surface area contributed by atoms with Crippen molar-refractivity contribution in [2.24, 2.45) is 0 Å². The molecule has 12 heavy (non-hydrogen) atoms. The van der Waals surface area contributed by atoms with E-state index in [4.69, 9.17) is 5.11 Å². The summed E-state index contributed by atoms with van der Waals surface area (Å²) < 4.78 is 12.7. The van der Waals surface area contributed by atoms with Gasteiger partial charge in [-0.1, -0.05) is 0 Å². The molecule has 0 fully saturated rings. The van der Waals surface area contributed by atoms with Crippen LogP contribution < -0.4 is 5.30 Å². The van der Waals surface area contributed by atoms with E-state index in [-0.39, 0.29) is 5.82 Å². The number of aliphatic hydroxyl groups excluding tert-OH is 1. The molecule has 1 atom stereocenters. The Morgan fingerprint density at radius 3 is 2.75 bits per heavy atom. The smallest absolute Gasteiger partial charge is 0.188 e. The van der Waals surface area contributed by atoms with Gasteiger partial charge < -0.3 is 5.11 Å². The van der Waals surface area contributed by atoms with Crippen molar-refractivity contribution in [3.63, 3.8) is 0 Å². The second kappa shape index (κ2) is 3.74. The topological polar surface area (TPSA) is 37.3 Å². The predicted molar refractivity (Wildman–Crippen MR) is 47.2 cm³/mol. The molecule has 1 aromatic carbocycles. The van der Waals surface area contributed by atoms with E-state index in [0.717, 1.165) is 0 Å². The van der Waals surface area contributed by atoms with Crippen molar-refractivity contribution in [1.82, 2.24) is 0 Å². The largest absolute Gasteiger partial charge is 0.388 e. The maximum Gasteiger partial charge on any atom is 0.188 e. The van der Waals surface area contributed by atoms with E-state index in [1.54, 1.807) is 0 Å². The fourth-order valence-electron chi connectivity index (χ4n) is 0.808. The minimum atomic E-state index is -0.546. The van der Waals surface area contributed by atoms with Crippen molar-refractivity contribution in [3.8, 4) is 0 Å². The summed E-state index contributed by atoms with van der Waals surface area (Å²) in [5.41, 5.74) is 0.323. The third-order valence-corrected chi connectivity index (χ3v) is 1.90. The summed E-state index contributed by atoms with van der Waals surface area (Å²) in [6, 6.07) is 3.94. The molecule has 0 saturated carbocycles. The van der Waals surface area contributed by atoms with Gasteiger partial charge in [0.25, 0.3) is 0 Å². The van der Waals surface area contributed by atoms with Gasteiger partial charge in [0.05, 0.1) is 0 Å². The minimum Gasteiger partial charge on any atom is -0.388 e. The predicted octanol–water partition coefficient (Wildman–Crippen LogP) is 0.501. The maximum atomic E-state index is 12.7. The third-order valence-electron chi connectivity index (χ3n) is 1.46. The fourth-order valence-corrected chi connectivity index (χ4v) is 1.08. The van der Waals surface area contributed by atoms with Crippen molar-refractivity contribution in [2.45, 2.75) is 0 Å². The van der Waals surface area contributed by atoms with Gasteiger partial charge >= 0.3 is 0 Å². The molecule has 0 bridgehead atoms. The van der Waals surface area contributed by atoms with E-state index in [1.807, 2.05) is 0 Å². The number of aliphatic hydroxyl groups is 1. The van der Waals surface area contributed by atoms with Crippen LogP contribution in [0.4, 0.5) is 4.39 Å². The van der Waals surface area contributed by atoms with Gasteiger partial charge in [-0.2, -0.15) is 0 Å². The van der Waals surface area contributed by atoms with Crippen molar-refractivity contribution >= 4 is 20.3 Å². The van der Waals surface area contributed by atoms with Crippen LogP contribution in [0, 0.1) is 5.82 Å². The van der Waals surface area contributed by atoms with Gasteiger partial charge in [-0.15, -0.1) is 9.24 Å². The van der Waals surface area contributed by atoms with Gasteiger partial charge in [0.2, 0.25) is 0 Å². The lowest BCUT2D eigenvalue weighted by Gasteiger charge is -1.99. The molecule has 1 unspecified atom stereocenters. The van der Waals surface area contributed by atoms with Crippen LogP contribution in [0.2, 0.25) is 0 Å². The van der Waals surface area contributed by atoms with Gasteiger partial charge in [-0.05, 0) is 18.2 Å². The van der Waals surface area contributed by atoms with Crippen LogP contribution in [-0.4, -0.2) is 17.5 Å². The zero-order chi connectivity index (χ0) is 9.14. The molecular weight excluding hydrogens is 178 g/mol. The first kappa shape index (κ1) is 9.30. The molecule has 0 aromatic heterocycles. The monoisotopic (exact) mass is 186 g/mol. The molecule has 1 rings (SSSR count). The van der Waals surface area contributed by atoms with Gasteiger partial charge in [0.15, 0.2) is 5.78 Å². The molecule has 0 aliphatic carbocycles. The number of Topliss-reactive ketones (excluding diaryl/α,β-unsaturated/α-hetero) is 1. The minimum absolute atomic E-state index is 0.323. The SMILES string of the molecule is O=C(CO)c1ccc(F)c(P)c1. The summed E-state index contributed by atoms with van der Waals surface area (Å²) in [6.07, 6.45) is 0. The Kier molecular flexibility index (Phi) is 2.90. The highest BCUT2D eigenvalue weighted by atomic mass is 31.0.